The van der Waals surface area contributed by atoms with Crippen LogP contribution in [-0.2, 0) is 29.0 Å². The van der Waals surface area contributed by atoms with Gasteiger partial charge in [0, 0.05) is 62.9 Å². The van der Waals surface area contributed by atoms with Crippen LogP contribution in [0, 0.1) is 0 Å². The van der Waals surface area contributed by atoms with Crippen LogP contribution in [0.3, 0.4) is 0 Å². The molecule has 0 bridgehead atoms. The molecule has 0 aliphatic carbocycles. The fourth-order valence-electron chi connectivity index (χ4n) is 2.11. The zero-order valence-corrected chi connectivity index (χ0v) is 31.4. The van der Waals surface area contributed by atoms with Crippen molar-refractivity contribution in [1.82, 2.24) is 10.6 Å². The zero-order chi connectivity index (χ0) is 32.7. The number of carbonyl (C=O) groups is 2. The highest BCUT2D eigenvalue weighted by atomic mass is 32.2. The van der Waals surface area contributed by atoms with E-state index in [4.69, 9.17) is 39.2 Å². The van der Waals surface area contributed by atoms with Crippen LogP contribution in [0.1, 0.15) is 0 Å². The minimum absolute atomic E-state index is 0.0143. The third-order valence-electron chi connectivity index (χ3n) is 3.99. The van der Waals surface area contributed by atoms with Gasteiger partial charge in [0.1, 0.15) is 25.1 Å². The molecule has 0 rings (SSSR count). The van der Waals surface area contributed by atoms with E-state index in [1.165, 1.54) is 24.6 Å². The van der Waals surface area contributed by atoms with Gasteiger partial charge in [-0.25, -0.2) is 9.59 Å². The predicted molar refractivity (Wildman–Crippen MR) is 198 cm³/mol. The topological polar surface area (TPSA) is 179 Å². The number of aliphatic imine (C=N–C) groups is 2. The van der Waals surface area contributed by atoms with Gasteiger partial charge in [0.2, 0.25) is 12.8 Å². The number of thioether (sulfide) groups is 8. The van der Waals surface area contributed by atoms with Gasteiger partial charge in [-0.1, -0.05) is 11.8 Å². The standard InChI is InChI=1S/C23H44N4O10S8/c28-15-44-17-33-23(31)27-4-10-41-20-38-7-1-24-13-35-34-6-12-43-21-42-11-5-32-22(30)26-3-9-40-19-39-8-2-25-14-36-37-18-45-16-29/h13-14,28-29H,1-12,15-21H2,(H,26,30)(H,27,31)/b24-13-,25-14+. The lowest BCUT2D eigenvalue weighted by Crippen LogP contribution is -2.27. The van der Waals surface area contributed by atoms with E-state index in [1.54, 1.807) is 70.6 Å². The average Bonchev–Trinajstić information content (AvgIpc) is 3.04. The number of nitrogens with one attached hydrogen (secondary N) is 2. The van der Waals surface area contributed by atoms with Gasteiger partial charge < -0.3 is 40.1 Å². The maximum Gasteiger partial charge on any atom is 0.408 e. The van der Waals surface area contributed by atoms with E-state index < -0.39 is 12.2 Å². The molecule has 45 heavy (non-hydrogen) atoms. The Balaban J connectivity index is 3.25. The Morgan fingerprint density at radius 2 is 1.07 bits per heavy atom. The van der Waals surface area contributed by atoms with Gasteiger partial charge in [-0.3, -0.25) is 9.98 Å². The number of nitrogens with zero attached hydrogens (tertiary/aromatic N) is 2. The van der Waals surface area contributed by atoms with Gasteiger partial charge in [0.25, 0.3) is 0 Å². The fourth-order valence-corrected chi connectivity index (χ4v) is 8.16. The minimum Gasteiger partial charge on any atom is -0.449 e. The molecule has 0 radical (unpaired) electrons. The highest BCUT2D eigenvalue weighted by molar-refractivity contribution is 8.16. The van der Waals surface area contributed by atoms with Crippen molar-refractivity contribution >= 4 is 119 Å². The first-order chi connectivity index (χ1) is 22.2. The molecule has 0 spiro atoms. The first-order valence-electron chi connectivity index (χ1n) is 13.4. The Hall–Kier alpha value is 0.120. The molecule has 0 aromatic carbocycles. The van der Waals surface area contributed by atoms with Crippen LogP contribution in [0.4, 0.5) is 9.59 Å². The summed E-state index contributed by atoms with van der Waals surface area (Å²) in [6, 6.07) is 0. The molecule has 0 saturated heterocycles. The number of hydrogen-bond donors (Lipinski definition) is 4. The molecule has 0 aliphatic heterocycles. The van der Waals surface area contributed by atoms with Crippen molar-refractivity contribution in [3.05, 3.63) is 0 Å². The summed E-state index contributed by atoms with van der Waals surface area (Å²) >= 11 is 12.7. The molecule has 4 N–H and O–H groups in total. The summed E-state index contributed by atoms with van der Waals surface area (Å²) in [6.07, 6.45) is 1.70. The summed E-state index contributed by atoms with van der Waals surface area (Å²) in [7, 11) is 0. The number of alkyl carbamates (subject to hydrolysis) is 2. The Labute approximate surface area is 299 Å². The molecular formula is C23H44N4O10S8. The van der Waals surface area contributed by atoms with Crippen LogP contribution in [0.15, 0.2) is 9.98 Å². The van der Waals surface area contributed by atoms with Crippen molar-refractivity contribution in [2.24, 2.45) is 9.98 Å². The molecule has 0 atom stereocenters. The van der Waals surface area contributed by atoms with Crippen molar-refractivity contribution in [1.29, 1.82) is 0 Å². The Bertz CT molecular complexity index is 727. The van der Waals surface area contributed by atoms with Gasteiger partial charge in [0.05, 0.1) is 25.0 Å². The van der Waals surface area contributed by atoms with Crippen molar-refractivity contribution in [3.8, 4) is 0 Å². The number of carbonyl (C=O) groups excluding carboxylic acids is 2. The number of rotatable bonds is 34. The maximum absolute atomic E-state index is 11.7. The lowest BCUT2D eigenvalue weighted by molar-refractivity contribution is -0.210. The van der Waals surface area contributed by atoms with E-state index in [0.29, 0.717) is 39.4 Å². The number of hydrogen-bond acceptors (Lipinski definition) is 20. The normalized spacial score (nSPS) is 11.2. The predicted octanol–water partition coefficient (Wildman–Crippen LogP) is 3.94. The van der Waals surface area contributed by atoms with Gasteiger partial charge in [-0.05, 0) is 0 Å². The van der Waals surface area contributed by atoms with Crippen LogP contribution in [0.25, 0.3) is 0 Å². The van der Waals surface area contributed by atoms with Crippen LogP contribution in [0.5, 0.6) is 0 Å². The van der Waals surface area contributed by atoms with Crippen LogP contribution in [0.2, 0.25) is 0 Å². The van der Waals surface area contributed by atoms with E-state index in [1.807, 2.05) is 0 Å². The number of amides is 2. The summed E-state index contributed by atoms with van der Waals surface area (Å²) in [4.78, 5) is 50.6. The average molecular weight is 793 g/mol. The van der Waals surface area contributed by atoms with Crippen molar-refractivity contribution in [3.63, 3.8) is 0 Å². The lowest BCUT2D eigenvalue weighted by atomic mass is 10.7. The highest BCUT2D eigenvalue weighted by Crippen LogP contribution is 2.13. The van der Waals surface area contributed by atoms with E-state index in [-0.39, 0.29) is 23.8 Å². The first-order valence-corrected chi connectivity index (χ1v) is 22.6. The van der Waals surface area contributed by atoms with Gasteiger partial charge in [-0.15, -0.1) is 82.3 Å². The maximum atomic E-state index is 11.7. The largest absolute Gasteiger partial charge is 0.449 e. The molecule has 22 heteroatoms. The summed E-state index contributed by atoms with van der Waals surface area (Å²) < 4.78 is 10.0. The second-order valence-electron chi connectivity index (χ2n) is 7.28. The van der Waals surface area contributed by atoms with Crippen LogP contribution >= 0.6 is 94.1 Å². The molecule has 2 amide bonds. The zero-order valence-electron chi connectivity index (χ0n) is 24.9. The van der Waals surface area contributed by atoms with Gasteiger partial charge >= 0.3 is 12.2 Å². The molecule has 14 nitrogen and oxygen atoms in total. The monoisotopic (exact) mass is 792 g/mol. The summed E-state index contributed by atoms with van der Waals surface area (Å²) in [5, 5.41) is 25.2. The Kier molecular flexibility index (Phi) is 40.4. The van der Waals surface area contributed by atoms with Gasteiger partial charge in [0.15, 0.2) is 0 Å². The molecule has 0 unspecified atom stereocenters. The Morgan fingerprint density at radius 1 is 0.578 bits per heavy atom. The smallest absolute Gasteiger partial charge is 0.408 e. The van der Waals surface area contributed by atoms with Crippen LogP contribution < -0.4 is 10.6 Å². The third-order valence-corrected chi connectivity index (χ3v) is 11.7. The van der Waals surface area contributed by atoms with Crippen LogP contribution in [-0.4, -0.2) is 148 Å². The van der Waals surface area contributed by atoms with Crippen molar-refractivity contribution < 1.29 is 48.8 Å². The molecule has 0 heterocycles. The second-order valence-corrected chi connectivity index (χ2v) is 16.8. The number of ether oxygens (including phenoxy) is 2. The van der Waals surface area contributed by atoms with E-state index >= 15 is 0 Å². The summed E-state index contributed by atoms with van der Waals surface area (Å²) in [5.41, 5.74) is 0. The van der Waals surface area contributed by atoms with Gasteiger partial charge in [-0.2, -0.15) is 9.78 Å². The third kappa shape index (κ3) is 40.2. The fraction of sp³-hybridized carbons (Fsp3) is 0.826. The quantitative estimate of drug-likeness (QED) is 0.0184. The lowest BCUT2D eigenvalue weighted by Gasteiger charge is -2.07. The molecule has 0 aromatic rings. The molecule has 0 saturated carbocycles. The van der Waals surface area contributed by atoms with E-state index in [0.717, 1.165) is 61.5 Å². The second kappa shape index (κ2) is 40.3. The number of aliphatic hydroxyl groups excluding tert-OH is 2. The van der Waals surface area contributed by atoms with E-state index in [9.17, 15) is 9.59 Å². The molecule has 0 fully saturated rings. The highest BCUT2D eigenvalue weighted by Gasteiger charge is 2.02. The number of aliphatic hydroxyl groups is 2. The Morgan fingerprint density at radius 3 is 1.67 bits per heavy atom. The summed E-state index contributed by atoms with van der Waals surface area (Å²) in [5.74, 6) is 5.13. The van der Waals surface area contributed by atoms with Crippen molar-refractivity contribution in [2.75, 3.05) is 113 Å². The SMILES string of the molecule is O=C(NCCSCSCC/N=C/OOCSCO)OCCSCSCCOO/C=N\CCSCSCCNC(=O)OCSCO. The molecule has 0 aliphatic rings. The summed E-state index contributed by atoms with van der Waals surface area (Å²) in [6.45, 7) is 3.15. The molecule has 264 valence electrons. The first kappa shape index (κ1) is 45.1. The van der Waals surface area contributed by atoms with Crippen molar-refractivity contribution in [2.45, 2.75) is 0 Å². The minimum atomic E-state index is -0.472. The van der Waals surface area contributed by atoms with E-state index in [2.05, 4.69) is 20.6 Å². The molecular weight excluding hydrogens is 749 g/mol. The molecule has 0 aromatic heterocycles.